The van der Waals surface area contributed by atoms with Gasteiger partial charge in [-0.05, 0) is 43.0 Å². The summed E-state index contributed by atoms with van der Waals surface area (Å²) < 4.78 is 6.93. The molecular weight excluding hydrogens is 409 g/mol. The molecule has 0 spiro atoms. The van der Waals surface area contributed by atoms with Crippen molar-refractivity contribution in [1.29, 1.82) is 0 Å². The van der Waals surface area contributed by atoms with Gasteiger partial charge in [-0.2, -0.15) is 4.98 Å². The molecule has 0 bridgehead atoms. The number of methoxy groups -OCH3 is 1. The summed E-state index contributed by atoms with van der Waals surface area (Å²) in [5.74, 6) is 0.570. The second-order valence-corrected chi connectivity index (χ2v) is 7.36. The highest BCUT2D eigenvalue weighted by Gasteiger charge is 2.15. The fraction of sp³-hybridized carbons (Fsp3) is 0.263. The van der Waals surface area contributed by atoms with E-state index in [-0.39, 0.29) is 5.75 Å². The van der Waals surface area contributed by atoms with Gasteiger partial charge >= 0.3 is 5.56 Å². The van der Waals surface area contributed by atoms with Crippen LogP contribution in [0.1, 0.15) is 25.3 Å². The lowest BCUT2D eigenvalue weighted by Gasteiger charge is -2.20. The molecule has 1 aromatic carbocycles. The zero-order valence-corrected chi connectivity index (χ0v) is 17.1. The fourth-order valence-corrected chi connectivity index (χ4v) is 3.33. The van der Waals surface area contributed by atoms with Gasteiger partial charge in [-0.3, -0.25) is 4.79 Å². The summed E-state index contributed by atoms with van der Waals surface area (Å²) in [6.07, 6.45) is 5.21. The molecule has 0 amide bonds. The van der Waals surface area contributed by atoms with Crippen LogP contribution >= 0.6 is 34.8 Å². The van der Waals surface area contributed by atoms with Crippen LogP contribution in [0.25, 0.3) is 0 Å². The summed E-state index contributed by atoms with van der Waals surface area (Å²) in [7, 11) is 1.44. The maximum atomic E-state index is 12.2. The van der Waals surface area contributed by atoms with Gasteiger partial charge in [0.2, 0.25) is 11.7 Å². The number of rotatable bonds is 5. The fourth-order valence-electron chi connectivity index (χ4n) is 2.79. The summed E-state index contributed by atoms with van der Waals surface area (Å²) in [6.45, 7) is 2.37. The number of benzene rings is 1. The van der Waals surface area contributed by atoms with E-state index in [4.69, 9.17) is 39.5 Å². The van der Waals surface area contributed by atoms with Gasteiger partial charge in [0.1, 0.15) is 0 Å². The van der Waals surface area contributed by atoms with E-state index >= 15 is 0 Å². The predicted octanol–water partition coefficient (Wildman–Crippen LogP) is 5.21. The minimum Gasteiger partial charge on any atom is -0.490 e. The number of ether oxygens (including phenoxy) is 1. The van der Waals surface area contributed by atoms with Crippen LogP contribution in [-0.2, 0) is 6.54 Å². The first-order valence-electron chi connectivity index (χ1n) is 8.31. The van der Waals surface area contributed by atoms with E-state index in [1.807, 2.05) is 19.1 Å². The number of hydrogen-bond acceptors (Lipinski definition) is 4. The molecule has 1 aliphatic carbocycles. The second kappa shape index (κ2) is 8.38. The highest BCUT2D eigenvalue weighted by atomic mass is 35.5. The summed E-state index contributed by atoms with van der Waals surface area (Å²) in [6, 6.07) is 5.38. The molecule has 0 aliphatic heterocycles. The summed E-state index contributed by atoms with van der Waals surface area (Å²) >= 11 is 18.3. The number of halogens is 3. The molecule has 1 aromatic heterocycles. The topological polar surface area (TPSA) is 56.1 Å². The third-order valence-electron chi connectivity index (χ3n) is 4.31. The van der Waals surface area contributed by atoms with Crippen molar-refractivity contribution < 1.29 is 4.74 Å². The van der Waals surface area contributed by atoms with E-state index in [0.717, 1.165) is 29.7 Å². The van der Waals surface area contributed by atoms with Gasteiger partial charge in [-0.15, -0.1) is 0 Å². The van der Waals surface area contributed by atoms with Gasteiger partial charge in [0.25, 0.3) is 0 Å². The molecule has 0 radical (unpaired) electrons. The summed E-state index contributed by atoms with van der Waals surface area (Å²) in [5.41, 5.74) is 2.34. The van der Waals surface area contributed by atoms with Crippen LogP contribution in [0.3, 0.4) is 0 Å². The standard InChI is InChI=1S/C19H18Cl3N3O2/c1-11-13(20)4-3-5-16(11)23-19-24-18(26)17(27-2)10-25(19)9-12-6-7-14(21)15(22)8-12/h4,6-8,10H,3,5,9H2,1-2H3,(H,23,24,26). The normalized spacial score (nSPS) is 14.2. The molecule has 1 N–H and O–H groups in total. The molecule has 142 valence electrons. The zero-order valence-electron chi connectivity index (χ0n) is 14.9. The van der Waals surface area contributed by atoms with Crippen LogP contribution in [0.2, 0.25) is 10.0 Å². The molecule has 0 fully saturated rings. The van der Waals surface area contributed by atoms with Crippen LogP contribution in [0.4, 0.5) is 5.95 Å². The maximum Gasteiger partial charge on any atom is 0.316 e. The van der Waals surface area contributed by atoms with E-state index in [0.29, 0.717) is 27.6 Å². The average Bonchev–Trinajstić information content (AvgIpc) is 2.64. The van der Waals surface area contributed by atoms with E-state index in [1.165, 1.54) is 7.11 Å². The van der Waals surface area contributed by atoms with Crippen molar-refractivity contribution in [3.63, 3.8) is 0 Å². The highest BCUT2D eigenvalue weighted by Crippen LogP contribution is 2.28. The van der Waals surface area contributed by atoms with E-state index in [2.05, 4.69) is 10.3 Å². The van der Waals surface area contributed by atoms with Crippen LogP contribution in [-0.4, -0.2) is 16.7 Å². The Kier molecular flexibility index (Phi) is 6.15. The van der Waals surface area contributed by atoms with Gasteiger partial charge in [-0.25, -0.2) is 0 Å². The first kappa shape index (κ1) is 19.8. The van der Waals surface area contributed by atoms with Crippen molar-refractivity contribution in [1.82, 2.24) is 9.55 Å². The number of anilines is 1. The molecule has 8 heteroatoms. The second-order valence-electron chi connectivity index (χ2n) is 6.13. The van der Waals surface area contributed by atoms with Gasteiger partial charge in [-0.1, -0.05) is 46.9 Å². The molecule has 1 heterocycles. The molecule has 27 heavy (non-hydrogen) atoms. The van der Waals surface area contributed by atoms with Crippen molar-refractivity contribution >= 4 is 40.8 Å². The van der Waals surface area contributed by atoms with Crippen molar-refractivity contribution in [2.45, 2.75) is 26.3 Å². The van der Waals surface area contributed by atoms with Crippen LogP contribution in [0, 0.1) is 0 Å². The first-order chi connectivity index (χ1) is 12.9. The number of allylic oxidation sites excluding steroid dienone is 4. The summed E-state index contributed by atoms with van der Waals surface area (Å²) in [5, 5.41) is 4.91. The quantitative estimate of drug-likeness (QED) is 0.713. The monoisotopic (exact) mass is 425 g/mol. The molecule has 0 atom stereocenters. The summed E-state index contributed by atoms with van der Waals surface area (Å²) in [4.78, 5) is 16.3. The largest absolute Gasteiger partial charge is 0.490 e. The SMILES string of the molecule is COc1cn(Cc2ccc(Cl)c(Cl)c2)c(NC2=C(C)C(Cl)=CCC2)nc1=O. The van der Waals surface area contributed by atoms with Gasteiger partial charge < -0.3 is 14.6 Å². The Balaban J connectivity index is 2.01. The Morgan fingerprint density at radius 1 is 1.26 bits per heavy atom. The lowest BCUT2D eigenvalue weighted by molar-refractivity contribution is 0.402. The van der Waals surface area contributed by atoms with Gasteiger partial charge in [0, 0.05) is 10.7 Å². The van der Waals surface area contributed by atoms with E-state index in [1.54, 1.807) is 22.9 Å². The van der Waals surface area contributed by atoms with E-state index in [9.17, 15) is 4.79 Å². The third-order valence-corrected chi connectivity index (χ3v) is 5.49. The Morgan fingerprint density at radius 3 is 2.74 bits per heavy atom. The minimum absolute atomic E-state index is 0.160. The Labute approximate surface area is 172 Å². The zero-order chi connectivity index (χ0) is 19.6. The molecule has 2 aromatic rings. The van der Waals surface area contributed by atoms with Crippen molar-refractivity contribution in [2.24, 2.45) is 0 Å². The Bertz CT molecular complexity index is 996. The number of hydrogen-bond donors (Lipinski definition) is 1. The number of aromatic nitrogens is 2. The highest BCUT2D eigenvalue weighted by molar-refractivity contribution is 6.42. The molecular formula is C19H18Cl3N3O2. The Morgan fingerprint density at radius 2 is 2.04 bits per heavy atom. The van der Waals surface area contributed by atoms with Crippen molar-refractivity contribution in [2.75, 3.05) is 12.4 Å². The molecule has 3 rings (SSSR count). The van der Waals surface area contributed by atoms with Crippen LogP contribution in [0.15, 0.2) is 51.6 Å². The molecule has 0 saturated carbocycles. The molecule has 1 aliphatic rings. The van der Waals surface area contributed by atoms with E-state index < -0.39 is 5.56 Å². The first-order valence-corrected chi connectivity index (χ1v) is 9.44. The lowest BCUT2D eigenvalue weighted by Crippen LogP contribution is -2.21. The minimum atomic E-state index is -0.443. The number of nitrogens with zero attached hydrogens (tertiary/aromatic N) is 2. The third kappa shape index (κ3) is 4.49. The lowest BCUT2D eigenvalue weighted by atomic mass is 10.0. The maximum absolute atomic E-state index is 12.2. The predicted molar refractivity (Wildman–Crippen MR) is 110 cm³/mol. The van der Waals surface area contributed by atoms with Crippen LogP contribution < -0.4 is 15.6 Å². The van der Waals surface area contributed by atoms with Gasteiger partial charge in [0.05, 0.1) is 29.9 Å². The Hall–Kier alpha value is -1.95. The molecule has 0 unspecified atom stereocenters. The molecule has 5 nitrogen and oxygen atoms in total. The smallest absolute Gasteiger partial charge is 0.316 e. The molecule has 0 saturated heterocycles. The van der Waals surface area contributed by atoms with Crippen LogP contribution in [0.5, 0.6) is 5.75 Å². The number of nitrogens with one attached hydrogen (secondary N) is 1. The average molecular weight is 427 g/mol. The van der Waals surface area contributed by atoms with Gasteiger partial charge in [0.15, 0.2) is 0 Å². The van der Waals surface area contributed by atoms with Crippen molar-refractivity contribution in [3.05, 3.63) is 72.7 Å². The van der Waals surface area contributed by atoms with Crippen molar-refractivity contribution in [3.8, 4) is 5.75 Å².